The molecule has 0 saturated heterocycles. The van der Waals surface area contributed by atoms with Gasteiger partial charge in [-0.15, -0.1) is 0 Å². The van der Waals surface area contributed by atoms with Gasteiger partial charge in [-0.1, -0.05) is 13.8 Å². The van der Waals surface area contributed by atoms with Crippen LogP contribution in [0.1, 0.15) is 38.9 Å². The number of hydrogen-bond acceptors (Lipinski definition) is 4. The second kappa shape index (κ2) is 7.35. The molecule has 1 unspecified atom stereocenters. The first-order chi connectivity index (χ1) is 7.81. The maximum absolute atomic E-state index is 8.89. The van der Waals surface area contributed by atoms with Crippen LogP contribution in [-0.4, -0.2) is 32.5 Å². The van der Waals surface area contributed by atoms with Crippen molar-refractivity contribution in [3.8, 4) is 0 Å². The second-order valence-electron chi connectivity index (χ2n) is 3.90. The van der Waals surface area contributed by atoms with E-state index in [1.807, 2.05) is 4.68 Å². The predicted octanol–water partition coefficient (Wildman–Crippen LogP) is 0.939. The quantitative estimate of drug-likeness (QED) is 0.692. The Kier molecular flexibility index (Phi) is 6.03. The molecule has 16 heavy (non-hydrogen) atoms. The van der Waals surface area contributed by atoms with Gasteiger partial charge in [0.25, 0.3) is 0 Å². The summed E-state index contributed by atoms with van der Waals surface area (Å²) < 4.78 is 1.93. The van der Waals surface area contributed by atoms with Gasteiger partial charge in [-0.2, -0.15) is 5.10 Å². The van der Waals surface area contributed by atoms with E-state index in [1.54, 1.807) is 6.33 Å². The largest absolute Gasteiger partial charge is 0.396 e. The number of nitrogens with one attached hydrogen (secondary N) is 1. The molecule has 0 fully saturated rings. The molecule has 0 aliphatic carbocycles. The molecule has 0 aliphatic heterocycles. The summed E-state index contributed by atoms with van der Waals surface area (Å²) in [4.78, 5) is 4.23. The van der Waals surface area contributed by atoms with Crippen molar-refractivity contribution in [3.05, 3.63) is 12.2 Å². The highest BCUT2D eigenvalue weighted by atomic mass is 16.3. The number of hydrogen-bond donors (Lipinski definition) is 2. The second-order valence-corrected chi connectivity index (χ2v) is 3.90. The highest BCUT2D eigenvalue weighted by Crippen LogP contribution is 2.00. The summed E-state index contributed by atoms with van der Waals surface area (Å²) in [6.07, 6.45) is 4.46. The van der Waals surface area contributed by atoms with E-state index in [2.05, 4.69) is 29.2 Å². The van der Waals surface area contributed by atoms with Crippen molar-refractivity contribution in [2.45, 2.75) is 52.2 Å². The summed E-state index contributed by atoms with van der Waals surface area (Å²) in [6, 6.07) is 0.358. The van der Waals surface area contributed by atoms with Crippen LogP contribution in [0.2, 0.25) is 0 Å². The molecule has 2 N–H and O–H groups in total. The third-order valence-electron chi connectivity index (χ3n) is 2.65. The van der Waals surface area contributed by atoms with E-state index >= 15 is 0 Å². The Hall–Kier alpha value is -0.940. The van der Waals surface area contributed by atoms with Gasteiger partial charge in [0.05, 0.1) is 6.54 Å². The Balaban J connectivity index is 2.43. The molecule has 1 aromatic heterocycles. The molecule has 5 heteroatoms. The van der Waals surface area contributed by atoms with E-state index in [4.69, 9.17) is 5.11 Å². The predicted molar refractivity (Wildman–Crippen MR) is 62.9 cm³/mol. The lowest BCUT2D eigenvalue weighted by molar-refractivity contribution is 0.261. The molecule has 1 aromatic rings. The Labute approximate surface area is 96.9 Å². The van der Waals surface area contributed by atoms with Crippen LogP contribution < -0.4 is 5.32 Å². The van der Waals surface area contributed by atoms with E-state index in [9.17, 15) is 0 Å². The van der Waals surface area contributed by atoms with E-state index in [1.165, 1.54) is 0 Å². The van der Waals surface area contributed by atoms with Crippen LogP contribution in [-0.2, 0) is 13.1 Å². The normalized spacial score (nSPS) is 12.9. The van der Waals surface area contributed by atoms with Gasteiger partial charge in [-0.25, -0.2) is 9.67 Å². The average molecular weight is 226 g/mol. The van der Waals surface area contributed by atoms with Crippen LogP contribution in [0, 0.1) is 0 Å². The Morgan fingerprint density at radius 3 is 2.94 bits per heavy atom. The van der Waals surface area contributed by atoms with Crippen LogP contribution >= 0.6 is 0 Å². The van der Waals surface area contributed by atoms with Crippen molar-refractivity contribution in [1.29, 1.82) is 0 Å². The van der Waals surface area contributed by atoms with Gasteiger partial charge in [-0.3, -0.25) is 0 Å². The molecule has 0 spiro atoms. The van der Waals surface area contributed by atoms with Crippen molar-refractivity contribution in [1.82, 2.24) is 20.1 Å². The molecule has 0 bridgehead atoms. The number of aliphatic hydroxyl groups excluding tert-OH is 1. The molecule has 0 amide bonds. The maximum atomic E-state index is 8.89. The first kappa shape index (κ1) is 13.1. The summed E-state index contributed by atoms with van der Waals surface area (Å²) in [5.41, 5.74) is 0. The summed E-state index contributed by atoms with van der Waals surface area (Å²) in [5, 5.41) is 16.5. The molecular formula is C11H22N4O. The monoisotopic (exact) mass is 226 g/mol. The highest BCUT2D eigenvalue weighted by molar-refractivity contribution is 4.84. The fourth-order valence-corrected chi connectivity index (χ4v) is 1.67. The maximum Gasteiger partial charge on any atom is 0.140 e. The van der Waals surface area contributed by atoms with Crippen molar-refractivity contribution >= 4 is 0 Å². The summed E-state index contributed by atoms with van der Waals surface area (Å²) >= 11 is 0. The summed E-state index contributed by atoms with van der Waals surface area (Å²) in [7, 11) is 0. The molecule has 92 valence electrons. The van der Waals surface area contributed by atoms with Gasteiger partial charge in [0.15, 0.2) is 0 Å². The summed E-state index contributed by atoms with van der Waals surface area (Å²) in [6.45, 7) is 6.10. The number of aromatic nitrogens is 3. The first-order valence-electron chi connectivity index (χ1n) is 6.02. The Morgan fingerprint density at radius 1 is 1.50 bits per heavy atom. The van der Waals surface area contributed by atoms with Crippen LogP contribution in [0.5, 0.6) is 0 Å². The molecule has 1 atom stereocenters. The zero-order valence-corrected chi connectivity index (χ0v) is 10.2. The topological polar surface area (TPSA) is 63.0 Å². The van der Waals surface area contributed by atoms with Gasteiger partial charge < -0.3 is 10.4 Å². The van der Waals surface area contributed by atoms with Crippen molar-refractivity contribution < 1.29 is 5.11 Å². The smallest absolute Gasteiger partial charge is 0.140 e. The van der Waals surface area contributed by atoms with Crippen LogP contribution in [0.25, 0.3) is 0 Å². The molecular weight excluding hydrogens is 204 g/mol. The number of aliphatic hydroxyl groups is 1. The zero-order valence-electron chi connectivity index (χ0n) is 10.2. The molecule has 1 rings (SSSR count). The van der Waals surface area contributed by atoms with Crippen LogP contribution in [0.4, 0.5) is 0 Å². The minimum atomic E-state index is 0.229. The lowest BCUT2D eigenvalue weighted by Gasteiger charge is -2.15. The molecule has 5 nitrogen and oxygen atoms in total. The van der Waals surface area contributed by atoms with Crippen molar-refractivity contribution in [3.63, 3.8) is 0 Å². The fraction of sp³-hybridized carbons (Fsp3) is 0.818. The summed E-state index contributed by atoms with van der Waals surface area (Å²) in [5.74, 6) is 0.971. The number of nitrogens with zero attached hydrogens (tertiary/aromatic N) is 3. The third-order valence-corrected chi connectivity index (χ3v) is 2.65. The molecule has 0 aliphatic rings. The molecule has 1 heterocycles. The Morgan fingerprint density at radius 2 is 2.31 bits per heavy atom. The number of rotatable bonds is 8. The fourth-order valence-electron chi connectivity index (χ4n) is 1.67. The van der Waals surface area contributed by atoms with Gasteiger partial charge >= 0.3 is 0 Å². The van der Waals surface area contributed by atoms with Gasteiger partial charge in [0.1, 0.15) is 12.2 Å². The van der Waals surface area contributed by atoms with E-state index < -0.39 is 0 Å². The van der Waals surface area contributed by atoms with Crippen molar-refractivity contribution in [2.24, 2.45) is 0 Å². The minimum Gasteiger partial charge on any atom is -0.396 e. The average Bonchev–Trinajstić information content (AvgIpc) is 2.72. The standard InChI is InChI=1S/C11H22N4O/c1-3-6-15-11(13-9-14-15)8-12-10(4-2)5-7-16/h9-10,12,16H,3-8H2,1-2H3. The zero-order chi connectivity index (χ0) is 11.8. The SMILES string of the molecule is CCCn1ncnc1CNC(CC)CCO. The third kappa shape index (κ3) is 3.90. The van der Waals surface area contributed by atoms with E-state index in [0.29, 0.717) is 6.04 Å². The lowest BCUT2D eigenvalue weighted by atomic mass is 10.1. The molecule has 0 aromatic carbocycles. The first-order valence-corrected chi connectivity index (χ1v) is 6.02. The Bertz CT molecular complexity index is 287. The van der Waals surface area contributed by atoms with Gasteiger partial charge in [0, 0.05) is 19.2 Å². The minimum absolute atomic E-state index is 0.229. The number of aryl methyl sites for hydroxylation is 1. The highest BCUT2D eigenvalue weighted by Gasteiger charge is 2.07. The van der Waals surface area contributed by atoms with Crippen molar-refractivity contribution in [2.75, 3.05) is 6.61 Å². The van der Waals surface area contributed by atoms with Gasteiger partial charge in [0.2, 0.25) is 0 Å². The van der Waals surface area contributed by atoms with Crippen LogP contribution in [0.15, 0.2) is 6.33 Å². The lowest BCUT2D eigenvalue weighted by Crippen LogP contribution is -2.30. The van der Waals surface area contributed by atoms with E-state index in [0.717, 1.165) is 38.2 Å². The van der Waals surface area contributed by atoms with E-state index in [-0.39, 0.29) is 6.61 Å². The molecule has 0 radical (unpaired) electrons. The molecule has 0 saturated carbocycles. The van der Waals surface area contributed by atoms with Gasteiger partial charge in [-0.05, 0) is 19.3 Å². The van der Waals surface area contributed by atoms with Crippen LogP contribution in [0.3, 0.4) is 0 Å².